The minimum Gasteiger partial charge on any atom is -0.355 e. The molecule has 0 atom stereocenters. The maximum atomic E-state index is 12.4. The third-order valence-corrected chi connectivity index (χ3v) is 4.68. The van der Waals surface area contributed by atoms with Gasteiger partial charge in [-0.3, -0.25) is 19.6 Å². The quantitative estimate of drug-likeness (QED) is 0.633. The second-order valence-corrected chi connectivity index (χ2v) is 6.65. The lowest BCUT2D eigenvalue weighted by Crippen LogP contribution is -2.20. The Morgan fingerprint density at radius 1 is 1.17 bits per heavy atom. The van der Waals surface area contributed by atoms with E-state index in [-0.39, 0.29) is 21.8 Å². The average molecular weight is 349 g/mol. The highest BCUT2D eigenvalue weighted by Gasteiger charge is 2.18. The number of hydrogen-bond donors (Lipinski definition) is 2. The zero-order chi connectivity index (χ0) is 17.9. The van der Waals surface area contributed by atoms with Gasteiger partial charge < -0.3 is 5.32 Å². The maximum Gasteiger partial charge on any atom is 0.271 e. The summed E-state index contributed by atoms with van der Waals surface area (Å²) < 4.78 is 27.2. The van der Waals surface area contributed by atoms with E-state index in [1.165, 1.54) is 43.4 Å². The molecule has 0 aliphatic heterocycles. The molecule has 24 heavy (non-hydrogen) atoms. The van der Waals surface area contributed by atoms with Gasteiger partial charge in [0.05, 0.1) is 15.5 Å². The minimum absolute atomic E-state index is 0.0614. The Hall–Kier alpha value is -2.94. The third kappa shape index (κ3) is 3.69. The molecule has 2 aromatic rings. The van der Waals surface area contributed by atoms with Gasteiger partial charge in [0.15, 0.2) is 0 Å². The molecule has 9 heteroatoms. The third-order valence-electron chi connectivity index (χ3n) is 3.30. The van der Waals surface area contributed by atoms with Crippen LogP contribution in [0.2, 0.25) is 0 Å². The van der Waals surface area contributed by atoms with Gasteiger partial charge in [-0.1, -0.05) is 12.1 Å². The number of carbonyl (C=O) groups excluding carboxylic acids is 1. The second kappa shape index (κ2) is 6.67. The number of anilines is 1. The number of hydrogen-bond acceptors (Lipinski definition) is 5. The number of amides is 1. The number of benzene rings is 2. The van der Waals surface area contributed by atoms with E-state index in [2.05, 4.69) is 10.0 Å². The lowest BCUT2D eigenvalue weighted by molar-refractivity contribution is -0.384. The number of nitrogens with zero attached hydrogens (tertiary/aromatic N) is 1. The fraction of sp³-hybridized carbons (Fsp3) is 0.133. The Morgan fingerprint density at radius 2 is 1.88 bits per heavy atom. The standard InChI is InChI=1S/C15H15N3O5S/c1-10-6-7-13(9-14(10)15(19)16-2)24(22,23)17-11-4-3-5-12(8-11)18(20)21/h3-9,17H,1-2H3,(H,16,19). The topological polar surface area (TPSA) is 118 Å². The van der Waals surface area contributed by atoms with Crippen molar-refractivity contribution in [2.45, 2.75) is 11.8 Å². The molecule has 2 rings (SSSR count). The van der Waals surface area contributed by atoms with Crippen LogP contribution in [0, 0.1) is 17.0 Å². The number of carbonyl (C=O) groups is 1. The molecule has 0 saturated carbocycles. The van der Waals surface area contributed by atoms with Crippen LogP contribution in [0.25, 0.3) is 0 Å². The molecule has 0 fully saturated rings. The van der Waals surface area contributed by atoms with Gasteiger partial charge in [0, 0.05) is 24.7 Å². The van der Waals surface area contributed by atoms with Crippen LogP contribution >= 0.6 is 0 Å². The molecule has 2 N–H and O–H groups in total. The minimum atomic E-state index is -3.99. The molecular formula is C15H15N3O5S. The molecule has 2 aromatic carbocycles. The molecule has 0 unspecified atom stereocenters. The number of nitrogens with one attached hydrogen (secondary N) is 2. The largest absolute Gasteiger partial charge is 0.355 e. The number of non-ortho nitro benzene ring substituents is 1. The molecule has 0 aliphatic carbocycles. The lowest BCUT2D eigenvalue weighted by atomic mass is 10.1. The van der Waals surface area contributed by atoms with Crippen molar-refractivity contribution < 1.29 is 18.1 Å². The van der Waals surface area contributed by atoms with E-state index in [9.17, 15) is 23.3 Å². The SMILES string of the molecule is CNC(=O)c1cc(S(=O)(=O)Nc2cccc([N+](=O)[O-])c2)ccc1C. The van der Waals surface area contributed by atoms with Crippen LogP contribution in [-0.2, 0) is 10.0 Å². The Kier molecular flexibility index (Phi) is 4.84. The van der Waals surface area contributed by atoms with Gasteiger partial charge in [0.1, 0.15) is 0 Å². The van der Waals surface area contributed by atoms with E-state index in [4.69, 9.17) is 0 Å². The van der Waals surface area contributed by atoms with Crippen molar-refractivity contribution in [2.24, 2.45) is 0 Å². The summed E-state index contributed by atoms with van der Waals surface area (Å²) in [5.74, 6) is -0.403. The lowest BCUT2D eigenvalue weighted by Gasteiger charge is -2.10. The van der Waals surface area contributed by atoms with Crippen LogP contribution in [0.4, 0.5) is 11.4 Å². The van der Waals surface area contributed by atoms with E-state index >= 15 is 0 Å². The van der Waals surface area contributed by atoms with E-state index in [1.54, 1.807) is 6.92 Å². The van der Waals surface area contributed by atoms with Crippen molar-refractivity contribution in [3.05, 3.63) is 63.7 Å². The summed E-state index contributed by atoms with van der Waals surface area (Å²) in [5.41, 5.74) is 0.694. The fourth-order valence-corrected chi connectivity index (χ4v) is 3.12. The predicted molar refractivity (Wildman–Crippen MR) is 88.5 cm³/mol. The highest BCUT2D eigenvalue weighted by molar-refractivity contribution is 7.92. The van der Waals surface area contributed by atoms with Crippen LogP contribution in [-0.4, -0.2) is 26.3 Å². The highest BCUT2D eigenvalue weighted by atomic mass is 32.2. The molecule has 0 spiro atoms. The molecule has 126 valence electrons. The van der Waals surface area contributed by atoms with E-state index in [1.807, 2.05) is 0 Å². The first kappa shape index (κ1) is 17.4. The molecule has 0 radical (unpaired) electrons. The Balaban J connectivity index is 2.39. The van der Waals surface area contributed by atoms with Crippen LogP contribution in [0.1, 0.15) is 15.9 Å². The number of sulfonamides is 1. The van der Waals surface area contributed by atoms with Crippen LogP contribution < -0.4 is 10.0 Å². The van der Waals surface area contributed by atoms with Crippen LogP contribution in [0.15, 0.2) is 47.4 Å². The fourth-order valence-electron chi connectivity index (χ4n) is 2.04. The predicted octanol–water partition coefficient (Wildman–Crippen LogP) is 2.06. The first-order chi connectivity index (χ1) is 11.2. The monoisotopic (exact) mass is 349 g/mol. The first-order valence-electron chi connectivity index (χ1n) is 6.84. The summed E-state index contributed by atoms with van der Waals surface area (Å²) >= 11 is 0. The van der Waals surface area contributed by atoms with Gasteiger partial charge in [0.25, 0.3) is 21.6 Å². The highest BCUT2D eigenvalue weighted by Crippen LogP contribution is 2.22. The van der Waals surface area contributed by atoms with Gasteiger partial charge in [-0.15, -0.1) is 0 Å². The van der Waals surface area contributed by atoms with Crippen molar-refractivity contribution in [1.82, 2.24) is 5.32 Å². The first-order valence-corrected chi connectivity index (χ1v) is 8.33. The van der Waals surface area contributed by atoms with Crippen molar-refractivity contribution in [3.63, 3.8) is 0 Å². The van der Waals surface area contributed by atoms with Gasteiger partial charge >= 0.3 is 0 Å². The summed E-state index contributed by atoms with van der Waals surface area (Å²) in [4.78, 5) is 21.8. The molecule has 0 saturated heterocycles. The molecule has 1 amide bonds. The van der Waals surface area contributed by atoms with Crippen LogP contribution in [0.3, 0.4) is 0 Å². The van der Waals surface area contributed by atoms with E-state index in [0.29, 0.717) is 5.56 Å². The number of rotatable bonds is 5. The molecule has 0 bridgehead atoms. The molecule has 8 nitrogen and oxygen atoms in total. The van der Waals surface area contributed by atoms with Gasteiger partial charge in [0.2, 0.25) is 0 Å². The van der Waals surface area contributed by atoms with Gasteiger partial charge in [-0.2, -0.15) is 0 Å². The van der Waals surface area contributed by atoms with Crippen molar-refractivity contribution >= 4 is 27.3 Å². The number of nitro groups is 1. The smallest absolute Gasteiger partial charge is 0.271 e. The van der Waals surface area contributed by atoms with Crippen molar-refractivity contribution in [3.8, 4) is 0 Å². The molecule has 0 aromatic heterocycles. The van der Waals surface area contributed by atoms with Crippen LogP contribution in [0.5, 0.6) is 0 Å². The van der Waals surface area contributed by atoms with E-state index < -0.39 is 20.9 Å². The summed E-state index contributed by atoms with van der Waals surface area (Å²) in [6.45, 7) is 1.69. The van der Waals surface area contributed by atoms with Crippen molar-refractivity contribution in [2.75, 3.05) is 11.8 Å². The number of aryl methyl sites for hydroxylation is 1. The second-order valence-electron chi connectivity index (χ2n) is 4.97. The summed E-state index contributed by atoms with van der Waals surface area (Å²) in [6.07, 6.45) is 0. The summed E-state index contributed by atoms with van der Waals surface area (Å²) in [7, 11) is -2.54. The van der Waals surface area contributed by atoms with E-state index in [0.717, 1.165) is 6.07 Å². The summed E-state index contributed by atoms with van der Waals surface area (Å²) in [5, 5.41) is 13.2. The normalized spacial score (nSPS) is 10.9. The number of nitro benzene ring substituents is 1. The molecular weight excluding hydrogens is 334 g/mol. The Bertz CT molecular complexity index is 909. The zero-order valence-corrected chi connectivity index (χ0v) is 13.8. The van der Waals surface area contributed by atoms with Crippen molar-refractivity contribution in [1.29, 1.82) is 0 Å². The maximum absolute atomic E-state index is 12.4. The van der Waals surface area contributed by atoms with Gasteiger partial charge in [-0.05, 0) is 30.7 Å². The molecule has 0 heterocycles. The zero-order valence-electron chi connectivity index (χ0n) is 12.9. The molecule has 0 aliphatic rings. The Morgan fingerprint density at radius 3 is 2.50 bits per heavy atom. The Labute approximate surface area is 138 Å². The summed E-state index contributed by atoms with van der Waals surface area (Å²) in [6, 6.07) is 9.29. The van der Waals surface area contributed by atoms with Gasteiger partial charge in [-0.25, -0.2) is 8.42 Å². The average Bonchev–Trinajstić information content (AvgIpc) is 2.54.